The molecule has 2 aliphatic heterocycles. The number of likely N-dealkylation sites (N-methyl/N-ethyl adjacent to an activating group) is 2. The molecule has 0 bridgehead atoms. The molecule has 4 atom stereocenters. The van der Waals surface area contributed by atoms with Gasteiger partial charge >= 0.3 is 0 Å². The summed E-state index contributed by atoms with van der Waals surface area (Å²) in [7, 11) is 0. The lowest BCUT2D eigenvalue weighted by Crippen LogP contribution is -2.46. The van der Waals surface area contributed by atoms with Crippen molar-refractivity contribution >= 4 is 11.8 Å². The zero-order chi connectivity index (χ0) is 38.5. The third kappa shape index (κ3) is 7.89. The molecule has 10 nitrogen and oxygen atoms in total. The first-order valence-corrected chi connectivity index (χ1v) is 20.3. The fourth-order valence-corrected chi connectivity index (χ4v) is 8.68. The van der Waals surface area contributed by atoms with Gasteiger partial charge in [0, 0.05) is 13.1 Å². The van der Waals surface area contributed by atoms with E-state index in [0.717, 1.165) is 116 Å². The van der Waals surface area contributed by atoms with Crippen LogP contribution in [-0.4, -0.2) is 96.7 Å². The first kappa shape index (κ1) is 38.2. The molecule has 288 valence electrons. The maximum absolute atomic E-state index is 14.2. The van der Waals surface area contributed by atoms with E-state index >= 15 is 0 Å². The predicted octanol–water partition coefficient (Wildman–Crippen LogP) is 8.27. The largest absolute Gasteiger partial charge is 0.340 e. The van der Waals surface area contributed by atoms with Gasteiger partial charge < -0.3 is 19.8 Å². The van der Waals surface area contributed by atoms with Gasteiger partial charge in [0.05, 0.1) is 41.9 Å². The monoisotopic (exact) mass is 740 g/mol. The Morgan fingerprint density at radius 3 is 1.53 bits per heavy atom. The van der Waals surface area contributed by atoms with Gasteiger partial charge in [0.25, 0.3) is 0 Å². The summed E-state index contributed by atoms with van der Waals surface area (Å²) in [6, 6.07) is 26.7. The number of nitrogens with one attached hydrogen (secondary N) is 2. The molecule has 2 aliphatic rings. The molecule has 0 spiro atoms. The molecule has 4 heterocycles. The minimum Gasteiger partial charge on any atom is -0.340 e. The van der Waals surface area contributed by atoms with Crippen molar-refractivity contribution < 1.29 is 9.59 Å². The van der Waals surface area contributed by atoms with Gasteiger partial charge in [-0.25, -0.2) is 9.97 Å². The minimum atomic E-state index is -0.309. The summed E-state index contributed by atoms with van der Waals surface area (Å²) in [5, 5.41) is 0. The van der Waals surface area contributed by atoms with Crippen LogP contribution in [0.4, 0.5) is 0 Å². The van der Waals surface area contributed by atoms with Crippen LogP contribution >= 0.6 is 0 Å². The summed E-state index contributed by atoms with van der Waals surface area (Å²) >= 11 is 0. The molecular weight excluding hydrogens is 685 g/mol. The van der Waals surface area contributed by atoms with Gasteiger partial charge in [-0.15, -0.1) is 0 Å². The highest BCUT2D eigenvalue weighted by Crippen LogP contribution is 2.36. The van der Waals surface area contributed by atoms with Crippen LogP contribution in [0.25, 0.3) is 33.6 Å². The van der Waals surface area contributed by atoms with Gasteiger partial charge in [0.1, 0.15) is 17.7 Å². The summed E-state index contributed by atoms with van der Waals surface area (Å²) < 4.78 is 0. The summed E-state index contributed by atoms with van der Waals surface area (Å²) in [4.78, 5) is 52.8. The van der Waals surface area contributed by atoms with Crippen molar-refractivity contribution in [2.75, 3.05) is 39.3 Å². The number of carbonyl (C=O) groups is 2. The molecular formula is C45H56N8O2. The number of rotatable bonds is 14. The Morgan fingerprint density at radius 2 is 1.07 bits per heavy atom. The fourth-order valence-electron chi connectivity index (χ4n) is 8.68. The molecule has 0 saturated carbocycles. The van der Waals surface area contributed by atoms with E-state index in [1.54, 1.807) is 0 Å². The van der Waals surface area contributed by atoms with Crippen LogP contribution in [0.15, 0.2) is 91.3 Å². The Balaban J connectivity index is 1.01. The van der Waals surface area contributed by atoms with Gasteiger partial charge in [-0.3, -0.25) is 19.4 Å². The predicted molar refractivity (Wildman–Crippen MR) is 219 cm³/mol. The van der Waals surface area contributed by atoms with Gasteiger partial charge in [0.2, 0.25) is 11.8 Å². The Hall–Kier alpha value is -5.06. The van der Waals surface area contributed by atoms with Crippen molar-refractivity contribution in [3.05, 3.63) is 108 Å². The molecule has 2 fully saturated rings. The summed E-state index contributed by atoms with van der Waals surface area (Å²) in [5.74, 6) is 2.03. The zero-order valence-electron chi connectivity index (χ0n) is 33.0. The van der Waals surface area contributed by atoms with Crippen molar-refractivity contribution in [3.63, 3.8) is 0 Å². The van der Waals surface area contributed by atoms with Gasteiger partial charge in [-0.05, 0) is 86.6 Å². The molecule has 7 rings (SSSR count). The Bertz CT molecular complexity index is 2010. The Morgan fingerprint density at radius 1 is 0.636 bits per heavy atom. The molecule has 55 heavy (non-hydrogen) atoms. The quantitative estimate of drug-likeness (QED) is 0.119. The van der Waals surface area contributed by atoms with E-state index in [-0.39, 0.29) is 36.0 Å². The van der Waals surface area contributed by atoms with Crippen LogP contribution in [0.5, 0.6) is 0 Å². The highest BCUT2D eigenvalue weighted by molar-refractivity contribution is 5.84. The topological polar surface area (TPSA) is 104 Å². The normalized spacial score (nSPS) is 18.4. The van der Waals surface area contributed by atoms with E-state index < -0.39 is 0 Å². The number of aromatic nitrogens is 4. The number of hydrogen-bond donors (Lipinski definition) is 2. The van der Waals surface area contributed by atoms with Crippen molar-refractivity contribution in [2.24, 2.45) is 0 Å². The maximum atomic E-state index is 14.2. The third-order valence-corrected chi connectivity index (χ3v) is 11.9. The number of H-pyrrole nitrogens is 2. The number of likely N-dealkylation sites (tertiary alicyclic amines) is 2. The molecule has 2 amide bonds. The van der Waals surface area contributed by atoms with Crippen molar-refractivity contribution in [1.29, 1.82) is 0 Å². The second kappa shape index (κ2) is 17.2. The standard InChI is InChI=1S/C45H56N8O2/c1-6-50(7-2)31(5)44(54)52-27-13-17-39(52)42-46-29-37(48-42)34-23-19-32(20-24-34)33-21-25-35(26-22-33)38-30-47-43(49-38)40-18-14-28-53(40)45(55)41(51(8-3)9-4)36-15-11-10-12-16-36/h10-12,15-16,19-26,29-31,39-41H,6-9,13-14,17-18,27-28H2,1-5H3,(H,46,48)(H,47,49)/t31-,39-,40-,41+/m0/s1. The second-order valence-electron chi connectivity index (χ2n) is 14.8. The molecule has 0 unspecified atom stereocenters. The zero-order valence-corrected chi connectivity index (χ0v) is 33.0. The molecule has 5 aromatic rings. The molecule has 2 N–H and O–H groups in total. The van der Waals surface area contributed by atoms with Gasteiger partial charge in [-0.1, -0.05) is 107 Å². The highest BCUT2D eigenvalue weighted by Gasteiger charge is 2.38. The van der Waals surface area contributed by atoms with E-state index in [0.29, 0.717) is 0 Å². The van der Waals surface area contributed by atoms with Crippen LogP contribution < -0.4 is 0 Å². The lowest BCUT2D eigenvalue weighted by molar-refractivity contribution is -0.138. The number of benzene rings is 3. The summed E-state index contributed by atoms with van der Waals surface area (Å²) in [6.07, 6.45) is 7.53. The van der Waals surface area contributed by atoms with Gasteiger partial charge in [-0.2, -0.15) is 0 Å². The van der Waals surface area contributed by atoms with Crippen molar-refractivity contribution in [1.82, 2.24) is 39.5 Å². The number of nitrogens with zero attached hydrogens (tertiary/aromatic N) is 6. The molecule has 3 aromatic carbocycles. The maximum Gasteiger partial charge on any atom is 0.245 e. The van der Waals surface area contributed by atoms with E-state index in [2.05, 4.69) is 108 Å². The molecule has 10 heteroatoms. The molecule has 0 aliphatic carbocycles. The third-order valence-electron chi connectivity index (χ3n) is 11.9. The van der Waals surface area contributed by atoms with E-state index in [1.165, 1.54) is 0 Å². The van der Waals surface area contributed by atoms with E-state index in [9.17, 15) is 9.59 Å². The van der Waals surface area contributed by atoms with E-state index in [1.807, 2.05) is 47.3 Å². The number of aromatic amines is 2. The molecule has 2 aromatic heterocycles. The minimum absolute atomic E-state index is 0.0212. The average molecular weight is 741 g/mol. The van der Waals surface area contributed by atoms with Crippen LogP contribution in [-0.2, 0) is 9.59 Å². The molecule has 2 saturated heterocycles. The molecule has 0 radical (unpaired) electrons. The number of amides is 2. The van der Waals surface area contributed by atoms with Crippen LogP contribution in [0.1, 0.15) is 95.6 Å². The second-order valence-corrected chi connectivity index (χ2v) is 14.8. The van der Waals surface area contributed by atoms with Crippen molar-refractivity contribution in [3.8, 4) is 33.6 Å². The van der Waals surface area contributed by atoms with Crippen LogP contribution in [0, 0.1) is 0 Å². The average Bonchev–Trinajstić information content (AvgIpc) is 4.07. The number of imidazole rings is 2. The smallest absolute Gasteiger partial charge is 0.245 e. The van der Waals surface area contributed by atoms with Crippen LogP contribution in [0.2, 0.25) is 0 Å². The number of hydrogen-bond acceptors (Lipinski definition) is 6. The lowest BCUT2D eigenvalue weighted by atomic mass is 10.0. The van der Waals surface area contributed by atoms with E-state index in [4.69, 9.17) is 9.97 Å². The van der Waals surface area contributed by atoms with Crippen molar-refractivity contribution in [2.45, 2.75) is 84.5 Å². The number of carbonyl (C=O) groups excluding carboxylic acids is 2. The lowest BCUT2D eigenvalue weighted by Gasteiger charge is -2.34. The Labute approximate surface area is 326 Å². The first-order valence-electron chi connectivity index (χ1n) is 20.3. The summed E-state index contributed by atoms with van der Waals surface area (Å²) in [5.41, 5.74) is 7.29. The first-order chi connectivity index (χ1) is 26.8. The van der Waals surface area contributed by atoms with Gasteiger partial charge in [0.15, 0.2) is 0 Å². The fraction of sp³-hybridized carbons (Fsp3) is 0.422. The summed E-state index contributed by atoms with van der Waals surface area (Å²) in [6.45, 7) is 15.3. The highest BCUT2D eigenvalue weighted by atomic mass is 16.2. The van der Waals surface area contributed by atoms with Crippen LogP contribution in [0.3, 0.4) is 0 Å². The Kier molecular flexibility index (Phi) is 11.9. The SMILES string of the molecule is CCN(CC)[C@@H](C)C(=O)N1CCC[C@H]1c1ncc(-c2ccc(-c3ccc(-c4cnc([C@@H]5CCCN5C(=O)[C@@H](c5ccccc5)N(CC)CC)[nH]4)cc3)cc2)[nH]1.